The summed E-state index contributed by atoms with van der Waals surface area (Å²) in [5.74, 6) is 4.99. The van der Waals surface area contributed by atoms with Crippen molar-refractivity contribution < 1.29 is 9.21 Å². The summed E-state index contributed by atoms with van der Waals surface area (Å²) >= 11 is 12.7. The summed E-state index contributed by atoms with van der Waals surface area (Å²) in [5.41, 5.74) is 3.38. The van der Waals surface area contributed by atoms with Crippen molar-refractivity contribution in [3.8, 4) is 11.5 Å². The largest absolute Gasteiger partial charge is 0.420 e. The number of hydrogen-bond donors (Lipinski definition) is 0. The highest BCUT2D eigenvalue weighted by molar-refractivity contribution is 6.36. The van der Waals surface area contributed by atoms with Crippen LogP contribution in [0.4, 0.5) is 0 Å². The maximum absolute atomic E-state index is 13.8. The normalized spacial score (nSPS) is 40.7. The Morgan fingerprint density at radius 1 is 0.950 bits per heavy atom. The van der Waals surface area contributed by atoms with Gasteiger partial charge in [-0.15, -0.1) is 10.2 Å². The van der Waals surface area contributed by atoms with E-state index < -0.39 is 5.41 Å². The number of Topliss-reactive ketones (excluding diaryl/α,β-unsaturated/α-hetero) is 1. The third-order valence-corrected chi connectivity index (χ3v) is 13.3. The summed E-state index contributed by atoms with van der Waals surface area (Å²) in [6.45, 7) is 12.1. The minimum Gasteiger partial charge on any atom is -0.420 e. The molecule has 8 unspecified atom stereocenters. The molecule has 6 heteroatoms. The van der Waals surface area contributed by atoms with E-state index in [-0.39, 0.29) is 11.7 Å². The maximum atomic E-state index is 13.8. The summed E-state index contributed by atoms with van der Waals surface area (Å²) < 4.78 is 6.47. The molecule has 1 aromatic heterocycles. The van der Waals surface area contributed by atoms with Crippen molar-refractivity contribution in [2.75, 3.05) is 0 Å². The van der Waals surface area contributed by atoms with Gasteiger partial charge in [0, 0.05) is 11.4 Å². The standard InChI is InChI=1S/C34H42Cl2N2O2/c1-18(2)28-26(39)17-34(31-38-37-30(40-31)22-7-6-20(35)16-25(22)36)15-12-24-21(29(28)34)8-9-27-32(4)13-10-19(3)23(32)11-14-33(24,27)5/h6-7,16,18-19,21,23-24,27H,8-15,17H2,1-5H3. The number of carbonyl (C=O) groups is 1. The molecule has 0 aliphatic heterocycles. The third kappa shape index (κ3) is 3.60. The van der Waals surface area contributed by atoms with E-state index in [0.29, 0.717) is 56.5 Å². The number of rotatable bonds is 3. The lowest BCUT2D eigenvalue weighted by Crippen LogP contribution is -2.57. The van der Waals surface area contributed by atoms with Crippen molar-refractivity contribution in [1.29, 1.82) is 0 Å². The first-order valence-electron chi connectivity index (χ1n) is 15.6. The van der Waals surface area contributed by atoms with Gasteiger partial charge in [-0.05, 0) is 127 Å². The van der Waals surface area contributed by atoms with E-state index in [1.807, 2.05) is 6.07 Å². The molecule has 5 aliphatic rings. The van der Waals surface area contributed by atoms with Crippen LogP contribution in [-0.4, -0.2) is 16.0 Å². The fourth-order valence-corrected chi connectivity index (χ4v) is 11.7. The van der Waals surface area contributed by atoms with Crippen LogP contribution in [0.15, 0.2) is 33.8 Å². The Hall–Kier alpha value is -1.65. The fraction of sp³-hybridized carbons (Fsp3) is 0.676. The van der Waals surface area contributed by atoms with Gasteiger partial charge in [-0.2, -0.15) is 0 Å². The summed E-state index contributed by atoms with van der Waals surface area (Å²) in [5, 5.41) is 10.2. The average molecular weight is 582 g/mol. The molecule has 0 saturated heterocycles. The van der Waals surface area contributed by atoms with Gasteiger partial charge < -0.3 is 4.42 Å². The SMILES string of the molecule is CC(C)C1=C2C3CCC4C5(C)CCC(C)C5CCC4(C)C3CCC2(c2nnc(-c3ccc(Cl)cc3Cl)o2)CC1=O. The topological polar surface area (TPSA) is 56.0 Å². The van der Waals surface area contributed by atoms with Gasteiger partial charge >= 0.3 is 0 Å². The number of nitrogens with zero attached hydrogens (tertiary/aromatic N) is 2. The zero-order valence-electron chi connectivity index (χ0n) is 24.5. The first kappa shape index (κ1) is 27.2. The van der Waals surface area contributed by atoms with Crippen molar-refractivity contribution >= 4 is 29.0 Å². The van der Waals surface area contributed by atoms with Crippen LogP contribution in [0.25, 0.3) is 11.5 Å². The van der Waals surface area contributed by atoms with Crippen molar-refractivity contribution in [3.05, 3.63) is 45.3 Å². The van der Waals surface area contributed by atoms with Gasteiger partial charge in [0.1, 0.15) is 0 Å². The molecule has 0 N–H and O–H groups in total. The number of halogens is 2. The Labute approximate surface area is 248 Å². The lowest BCUT2D eigenvalue weighted by Gasteiger charge is -2.64. The van der Waals surface area contributed by atoms with Crippen LogP contribution in [0.1, 0.15) is 98.3 Å². The molecule has 4 saturated carbocycles. The van der Waals surface area contributed by atoms with Crippen molar-refractivity contribution in [1.82, 2.24) is 10.2 Å². The van der Waals surface area contributed by atoms with Crippen LogP contribution < -0.4 is 0 Å². The second kappa shape index (κ2) is 9.17. The monoisotopic (exact) mass is 580 g/mol. The van der Waals surface area contributed by atoms with E-state index in [4.69, 9.17) is 27.6 Å². The number of benzene rings is 1. The predicted octanol–water partition coefficient (Wildman–Crippen LogP) is 9.50. The van der Waals surface area contributed by atoms with Gasteiger partial charge in [0.2, 0.25) is 11.8 Å². The molecule has 7 rings (SSSR count). The molecule has 2 aromatic rings. The highest BCUT2D eigenvalue weighted by atomic mass is 35.5. The Bertz CT molecular complexity index is 1410. The molecule has 5 aliphatic carbocycles. The second-order valence-corrected chi connectivity index (χ2v) is 15.6. The molecular weight excluding hydrogens is 539 g/mol. The van der Waals surface area contributed by atoms with E-state index in [1.54, 1.807) is 12.1 Å². The molecule has 0 spiro atoms. The number of carbonyl (C=O) groups excluding carboxylic acids is 1. The van der Waals surface area contributed by atoms with E-state index in [0.717, 1.165) is 36.2 Å². The molecule has 0 amide bonds. The van der Waals surface area contributed by atoms with E-state index in [9.17, 15) is 4.79 Å². The number of hydrogen-bond acceptors (Lipinski definition) is 4. The van der Waals surface area contributed by atoms with Crippen LogP contribution in [0, 0.1) is 46.3 Å². The molecule has 8 atom stereocenters. The van der Waals surface area contributed by atoms with E-state index in [2.05, 4.69) is 44.8 Å². The molecule has 4 fully saturated rings. The maximum Gasteiger partial charge on any atom is 0.249 e. The van der Waals surface area contributed by atoms with Crippen LogP contribution in [0.3, 0.4) is 0 Å². The number of ketones is 1. The average Bonchev–Trinajstić information content (AvgIpc) is 3.58. The Morgan fingerprint density at radius 2 is 1.68 bits per heavy atom. The quantitative estimate of drug-likeness (QED) is 0.362. The first-order valence-corrected chi connectivity index (χ1v) is 16.3. The molecular formula is C34H42Cl2N2O2. The summed E-state index contributed by atoms with van der Waals surface area (Å²) in [7, 11) is 0. The van der Waals surface area contributed by atoms with Crippen LogP contribution >= 0.6 is 23.2 Å². The van der Waals surface area contributed by atoms with Crippen LogP contribution in [-0.2, 0) is 10.2 Å². The van der Waals surface area contributed by atoms with Crippen molar-refractivity contribution in [3.63, 3.8) is 0 Å². The molecule has 4 nitrogen and oxygen atoms in total. The van der Waals surface area contributed by atoms with Gasteiger partial charge in [0.15, 0.2) is 5.78 Å². The lowest BCUT2D eigenvalue weighted by molar-refractivity contribution is -0.131. The van der Waals surface area contributed by atoms with E-state index in [1.165, 1.54) is 44.1 Å². The Kier molecular flexibility index (Phi) is 6.24. The molecule has 1 aromatic carbocycles. The number of allylic oxidation sites excluding steroid dienone is 2. The second-order valence-electron chi connectivity index (χ2n) is 14.8. The van der Waals surface area contributed by atoms with Crippen molar-refractivity contribution in [2.45, 2.75) is 97.8 Å². The van der Waals surface area contributed by atoms with Gasteiger partial charge in [-0.25, -0.2) is 0 Å². The highest BCUT2D eigenvalue weighted by Gasteiger charge is 2.65. The Balaban J connectivity index is 1.30. The minimum absolute atomic E-state index is 0.186. The molecule has 0 radical (unpaired) electrons. The van der Waals surface area contributed by atoms with Gasteiger partial charge in [0.05, 0.1) is 16.0 Å². The van der Waals surface area contributed by atoms with Crippen molar-refractivity contribution in [2.24, 2.45) is 46.3 Å². The fourth-order valence-electron chi connectivity index (χ4n) is 11.2. The summed E-state index contributed by atoms with van der Waals surface area (Å²) in [6, 6.07) is 5.32. The zero-order valence-corrected chi connectivity index (χ0v) is 26.0. The summed E-state index contributed by atoms with van der Waals surface area (Å²) in [4.78, 5) is 13.8. The zero-order chi connectivity index (χ0) is 28.2. The highest BCUT2D eigenvalue weighted by Crippen LogP contribution is 2.72. The third-order valence-electron chi connectivity index (χ3n) is 12.8. The Morgan fingerprint density at radius 3 is 2.42 bits per heavy atom. The van der Waals surface area contributed by atoms with Gasteiger partial charge in [-0.3, -0.25) is 4.79 Å². The van der Waals surface area contributed by atoms with Gasteiger partial charge in [-0.1, -0.05) is 57.8 Å². The number of fused-ring (bicyclic) bond motifs is 7. The molecule has 40 heavy (non-hydrogen) atoms. The van der Waals surface area contributed by atoms with Crippen LogP contribution in [0.2, 0.25) is 10.0 Å². The van der Waals surface area contributed by atoms with Crippen LogP contribution in [0.5, 0.6) is 0 Å². The molecule has 0 bridgehead atoms. The van der Waals surface area contributed by atoms with E-state index >= 15 is 0 Å². The van der Waals surface area contributed by atoms with Gasteiger partial charge in [0.25, 0.3) is 0 Å². The minimum atomic E-state index is -0.492. The first-order chi connectivity index (χ1) is 19.0. The summed E-state index contributed by atoms with van der Waals surface area (Å²) in [6.07, 6.45) is 10.4. The number of aromatic nitrogens is 2. The smallest absolute Gasteiger partial charge is 0.249 e. The molecule has 1 heterocycles. The predicted molar refractivity (Wildman–Crippen MR) is 159 cm³/mol. The molecule has 214 valence electrons. The lowest BCUT2D eigenvalue weighted by atomic mass is 9.40.